The van der Waals surface area contributed by atoms with Crippen molar-refractivity contribution < 1.29 is 14.3 Å². The maximum atomic E-state index is 12.4. The van der Waals surface area contributed by atoms with E-state index in [-0.39, 0.29) is 5.92 Å². The van der Waals surface area contributed by atoms with Crippen LogP contribution >= 0.6 is 0 Å². The molecule has 0 radical (unpaired) electrons. The molecule has 2 aliphatic heterocycles. The molecule has 0 saturated carbocycles. The third-order valence-electron chi connectivity index (χ3n) is 5.21. The van der Waals surface area contributed by atoms with Gasteiger partial charge in [0.2, 0.25) is 0 Å². The van der Waals surface area contributed by atoms with Gasteiger partial charge in [0, 0.05) is 30.5 Å². The molecule has 22 heavy (non-hydrogen) atoms. The second-order valence-electron chi connectivity index (χ2n) is 6.46. The average molecular weight is 303 g/mol. The van der Waals surface area contributed by atoms with Crippen LogP contribution in [-0.4, -0.2) is 43.5 Å². The third kappa shape index (κ3) is 3.27. The molecule has 120 valence electrons. The highest BCUT2D eigenvalue weighted by Crippen LogP contribution is 2.38. The predicted octanol–water partition coefficient (Wildman–Crippen LogP) is 2.91. The van der Waals surface area contributed by atoms with Crippen molar-refractivity contribution in [3.05, 3.63) is 24.3 Å². The smallest absolute Gasteiger partial charge is 0.139 e. The summed E-state index contributed by atoms with van der Waals surface area (Å²) in [5, 5.41) is 0. The lowest BCUT2D eigenvalue weighted by Crippen LogP contribution is -2.42. The Hall–Kier alpha value is -1.55. The molecule has 0 aromatic heterocycles. The molecule has 2 saturated heterocycles. The predicted molar refractivity (Wildman–Crippen MR) is 85.4 cm³/mol. The van der Waals surface area contributed by atoms with Crippen LogP contribution in [-0.2, 0) is 4.79 Å². The highest BCUT2D eigenvalue weighted by Gasteiger charge is 2.40. The molecule has 4 heteroatoms. The highest BCUT2D eigenvalue weighted by molar-refractivity contribution is 5.81. The van der Waals surface area contributed by atoms with Gasteiger partial charge in [-0.05, 0) is 44.9 Å². The Kier molecular flexibility index (Phi) is 4.67. The lowest BCUT2D eigenvalue weighted by atomic mass is 9.86. The molecule has 2 atom stereocenters. The molecule has 0 aliphatic carbocycles. The minimum Gasteiger partial charge on any atom is -0.497 e. The van der Waals surface area contributed by atoms with E-state index in [1.54, 1.807) is 7.11 Å². The number of piperidine rings is 1. The number of benzene rings is 1. The molecule has 2 bridgehead atoms. The van der Waals surface area contributed by atoms with E-state index in [0.29, 0.717) is 30.9 Å². The standard InChI is InChI=1S/C18H25NO3/c1-19-14-6-7-15(19)11-13(10-14)18(20)8-9-22-17-5-3-4-16(12-17)21-2/h3-5,12-15H,6-11H2,1-2H3. The molecule has 0 spiro atoms. The van der Waals surface area contributed by atoms with Gasteiger partial charge in [-0.15, -0.1) is 0 Å². The minimum atomic E-state index is 0.239. The fourth-order valence-corrected chi connectivity index (χ4v) is 3.84. The van der Waals surface area contributed by atoms with E-state index < -0.39 is 0 Å². The fourth-order valence-electron chi connectivity index (χ4n) is 3.84. The third-order valence-corrected chi connectivity index (χ3v) is 5.21. The van der Waals surface area contributed by atoms with Gasteiger partial charge in [0.25, 0.3) is 0 Å². The number of fused-ring (bicyclic) bond motifs is 2. The maximum Gasteiger partial charge on any atom is 0.139 e. The van der Waals surface area contributed by atoms with Crippen molar-refractivity contribution in [2.24, 2.45) is 5.92 Å². The Morgan fingerprint density at radius 2 is 1.91 bits per heavy atom. The van der Waals surface area contributed by atoms with Crippen LogP contribution in [0.3, 0.4) is 0 Å². The highest BCUT2D eigenvalue weighted by atomic mass is 16.5. The SMILES string of the molecule is COc1cccc(OCCC(=O)C2CC3CCC(C2)N3C)c1. The van der Waals surface area contributed by atoms with Crippen LogP contribution in [0.15, 0.2) is 24.3 Å². The van der Waals surface area contributed by atoms with E-state index in [1.807, 2.05) is 24.3 Å². The number of carbonyl (C=O) groups is 1. The lowest BCUT2D eigenvalue weighted by molar-refractivity contribution is -0.125. The van der Waals surface area contributed by atoms with Crippen molar-refractivity contribution in [3.8, 4) is 11.5 Å². The minimum absolute atomic E-state index is 0.239. The molecule has 0 N–H and O–H groups in total. The number of rotatable bonds is 6. The quantitative estimate of drug-likeness (QED) is 0.810. The summed E-state index contributed by atoms with van der Waals surface area (Å²) in [6.45, 7) is 0.452. The van der Waals surface area contributed by atoms with Gasteiger partial charge in [-0.3, -0.25) is 4.79 Å². The summed E-state index contributed by atoms with van der Waals surface area (Å²) in [4.78, 5) is 14.9. The van der Waals surface area contributed by atoms with E-state index in [4.69, 9.17) is 9.47 Å². The second kappa shape index (κ2) is 6.69. The van der Waals surface area contributed by atoms with E-state index in [0.717, 1.165) is 24.3 Å². The van der Waals surface area contributed by atoms with E-state index in [2.05, 4.69) is 11.9 Å². The Bertz CT molecular complexity index is 517. The molecular formula is C18H25NO3. The molecule has 3 rings (SSSR count). The van der Waals surface area contributed by atoms with Crippen molar-refractivity contribution in [2.75, 3.05) is 20.8 Å². The summed E-state index contributed by atoms with van der Waals surface area (Å²) in [6, 6.07) is 8.75. The van der Waals surface area contributed by atoms with Gasteiger partial charge >= 0.3 is 0 Å². The number of Topliss-reactive ketones (excluding diaryl/α,β-unsaturated/α-hetero) is 1. The van der Waals surface area contributed by atoms with Crippen molar-refractivity contribution in [1.29, 1.82) is 0 Å². The Balaban J connectivity index is 1.46. The molecule has 0 amide bonds. The summed E-state index contributed by atoms with van der Waals surface area (Å²) >= 11 is 0. The number of ether oxygens (including phenoxy) is 2. The largest absolute Gasteiger partial charge is 0.497 e. The lowest BCUT2D eigenvalue weighted by Gasteiger charge is -2.35. The van der Waals surface area contributed by atoms with Crippen molar-refractivity contribution >= 4 is 5.78 Å². The Morgan fingerprint density at radius 3 is 2.59 bits per heavy atom. The number of carbonyl (C=O) groups excluding carboxylic acids is 1. The van der Waals surface area contributed by atoms with Crippen LogP contribution in [0.5, 0.6) is 11.5 Å². The van der Waals surface area contributed by atoms with Gasteiger partial charge in [0.15, 0.2) is 0 Å². The summed E-state index contributed by atoms with van der Waals surface area (Å²) < 4.78 is 10.9. The zero-order valence-electron chi connectivity index (χ0n) is 13.5. The second-order valence-corrected chi connectivity index (χ2v) is 6.46. The molecule has 2 heterocycles. The van der Waals surface area contributed by atoms with E-state index in [9.17, 15) is 4.79 Å². The Morgan fingerprint density at radius 1 is 1.23 bits per heavy atom. The summed E-state index contributed by atoms with van der Waals surface area (Å²) in [5.74, 6) is 2.14. The fraction of sp³-hybridized carbons (Fsp3) is 0.611. The van der Waals surface area contributed by atoms with Crippen LogP contribution < -0.4 is 9.47 Å². The molecule has 1 aromatic carbocycles. The monoisotopic (exact) mass is 303 g/mol. The zero-order valence-corrected chi connectivity index (χ0v) is 13.5. The Labute approximate surface area is 132 Å². The first-order valence-electron chi connectivity index (χ1n) is 8.19. The number of ketones is 1. The van der Waals surface area contributed by atoms with Gasteiger partial charge in [0.05, 0.1) is 13.7 Å². The van der Waals surface area contributed by atoms with E-state index >= 15 is 0 Å². The van der Waals surface area contributed by atoms with Crippen LogP contribution in [0.4, 0.5) is 0 Å². The number of methoxy groups -OCH3 is 1. The normalized spacial score (nSPS) is 27.6. The zero-order chi connectivity index (χ0) is 15.5. The van der Waals surface area contributed by atoms with Crippen molar-refractivity contribution in [1.82, 2.24) is 4.90 Å². The van der Waals surface area contributed by atoms with Crippen LogP contribution in [0, 0.1) is 5.92 Å². The van der Waals surface area contributed by atoms with Gasteiger partial charge in [-0.25, -0.2) is 0 Å². The number of hydrogen-bond acceptors (Lipinski definition) is 4. The molecule has 1 aromatic rings. The van der Waals surface area contributed by atoms with Crippen molar-refractivity contribution in [2.45, 2.75) is 44.2 Å². The molecule has 2 aliphatic rings. The first-order valence-corrected chi connectivity index (χ1v) is 8.19. The molecule has 2 unspecified atom stereocenters. The topological polar surface area (TPSA) is 38.8 Å². The van der Waals surface area contributed by atoms with Gasteiger partial charge in [-0.1, -0.05) is 6.07 Å². The first-order chi connectivity index (χ1) is 10.7. The van der Waals surface area contributed by atoms with Crippen LogP contribution in [0.25, 0.3) is 0 Å². The average Bonchev–Trinajstić information content (AvgIpc) is 2.76. The van der Waals surface area contributed by atoms with E-state index in [1.165, 1.54) is 12.8 Å². The summed E-state index contributed by atoms with van der Waals surface area (Å²) in [6.07, 6.45) is 5.08. The number of nitrogens with zero attached hydrogens (tertiary/aromatic N) is 1. The van der Waals surface area contributed by atoms with Crippen molar-refractivity contribution in [3.63, 3.8) is 0 Å². The molecule has 4 nitrogen and oxygen atoms in total. The summed E-state index contributed by atoms with van der Waals surface area (Å²) in [5.41, 5.74) is 0. The van der Waals surface area contributed by atoms with Gasteiger partial charge in [-0.2, -0.15) is 0 Å². The first kappa shape index (κ1) is 15.3. The molecule has 2 fully saturated rings. The maximum absolute atomic E-state index is 12.4. The van der Waals surface area contributed by atoms with Gasteiger partial charge < -0.3 is 14.4 Å². The number of hydrogen-bond donors (Lipinski definition) is 0. The van der Waals surface area contributed by atoms with Crippen LogP contribution in [0.2, 0.25) is 0 Å². The molecular weight excluding hydrogens is 278 g/mol. The van der Waals surface area contributed by atoms with Gasteiger partial charge in [0.1, 0.15) is 17.3 Å². The van der Waals surface area contributed by atoms with Crippen LogP contribution in [0.1, 0.15) is 32.1 Å². The summed E-state index contributed by atoms with van der Waals surface area (Å²) in [7, 11) is 3.84.